The van der Waals surface area contributed by atoms with E-state index in [4.69, 9.17) is 4.74 Å². The van der Waals surface area contributed by atoms with Gasteiger partial charge in [0, 0.05) is 19.3 Å². The van der Waals surface area contributed by atoms with Gasteiger partial charge in [0.25, 0.3) is 0 Å². The summed E-state index contributed by atoms with van der Waals surface area (Å²) in [6.45, 7) is 14.2. The van der Waals surface area contributed by atoms with E-state index in [9.17, 15) is 0 Å². The van der Waals surface area contributed by atoms with E-state index in [0.29, 0.717) is 6.04 Å². The van der Waals surface area contributed by atoms with Crippen LogP contribution in [0.4, 0.5) is 0 Å². The molecule has 0 radical (unpaired) electrons. The van der Waals surface area contributed by atoms with Crippen molar-refractivity contribution in [2.45, 2.75) is 65.3 Å². The molecule has 0 aromatic heterocycles. The Bertz CT molecular complexity index is 519. The highest BCUT2D eigenvalue weighted by molar-refractivity contribution is 5.28. The van der Waals surface area contributed by atoms with Crippen LogP contribution in [0.2, 0.25) is 0 Å². The minimum Gasteiger partial charge on any atom is -0.381 e. The van der Waals surface area contributed by atoms with E-state index in [1.807, 2.05) is 0 Å². The van der Waals surface area contributed by atoms with Gasteiger partial charge in [-0.15, -0.1) is 0 Å². The highest BCUT2D eigenvalue weighted by Gasteiger charge is 2.25. The van der Waals surface area contributed by atoms with Crippen molar-refractivity contribution in [2.75, 3.05) is 19.8 Å². The van der Waals surface area contributed by atoms with Gasteiger partial charge in [-0.1, -0.05) is 55.3 Å². The first kappa shape index (κ1) is 19.2. The van der Waals surface area contributed by atoms with Crippen molar-refractivity contribution in [3.8, 4) is 0 Å². The van der Waals surface area contributed by atoms with E-state index in [-0.39, 0.29) is 5.41 Å². The average molecular weight is 330 g/mol. The van der Waals surface area contributed by atoms with Crippen molar-refractivity contribution in [2.24, 2.45) is 5.92 Å². The van der Waals surface area contributed by atoms with Gasteiger partial charge >= 0.3 is 0 Å². The molecule has 0 bridgehead atoms. The predicted octanol–water partition coefficient (Wildman–Crippen LogP) is 5.01. The number of hydrogen-bond donors (Lipinski definition) is 1. The van der Waals surface area contributed by atoms with Crippen LogP contribution in [0, 0.1) is 12.8 Å². The van der Waals surface area contributed by atoms with Crippen LogP contribution in [0.25, 0.3) is 0 Å². The lowest BCUT2D eigenvalue weighted by atomic mass is 9.78. The molecule has 0 saturated carbocycles. The summed E-state index contributed by atoms with van der Waals surface area (Å²) in [4.78, 5) is 0. The van der Waals surface area contributed by atoms with E-state index >= 15 is 0 Å². The van der Waals surface area contributed by atoms with Gasteiger partial charge in [0.2, 0.25) is 0 Å². The van der Waals surface area contributed by atoms with Gasteiger partial charge in [-0.3, -0.25) is 0 Å². The molecule has 1 aliphatic heterocycles. The zero-order chi connectivity index (χ0) is 17.6. The zero-order valence-electron chi connectivity index (χ0n) is 16.2. The Morgan fingerprint density at radius 1 is 1.21 bits per heavy atom. The summed E-state index contributed by atoms with van der Waals surface area (Å²) in [5.41, 5.74) is 4.30. The van der Waals surface area contributed by atoms with E-state index < -0.39 is 0 Å². The number of rotatable bonds is 7. The molecule has 134 valence electrons. The number of allylic oxidation sites excluding steroid dienone is 1. The zero-order valence-corrected chi connectivity index (χ0v) is 16.2. The Labute approximate surface area is 148 Å². The minimum atomic E-state index is 0.160. The molecule has 1 saturated heterocycles. The fourth-order valence-corrected chi connectivity index (χ4v) is 3.53. The maximum Gasteiger partial charge on any atom is 0.0469 e. The Hall–Kier alpha value is -1.12. The Balaban J connectivity index is 2.01. The Morgan fingerprint density at radius 3 is 2.42 bits per heavy atom. The van der Waals surface area contributed by atoms with E-state index in [1.165, 1.54) is 29.5 Å². The molecule has 1 aromatic carbocycles. The van der Waals surface area contributed by atoms with Crippen molar-refractivity contribution in [1.29, 1.82) is 0 Å². The van der Waals surface area contributed by atoms with Crippen LogP contribution in [-0.2, 0) is 10.2 Å². The van der Waals surface area contributed by atoms with Gasteiger partial charge in [0.15, 0.2) is 0 Å². The Morgan fingerprint density at radius 2 is 1.83 bits per heavy atom. The SMILES string of the molecule is CC(C)=CC(CC(C)(C)c1ccc(C)cc1)NCC1CCOCC1. The maximum absolute atomic E-state index is 5.48. The topological polar surface area (TPSA) is 21.3 Å². The molecule has 1 fully saturated rings. The second-order valence-corrected chi connectivity index (χ2v) is 8.27. The van der Waals surface area contributed by atoms with Crippen LogP contribution in [0.5, 0.6) is 0 Å². The lowest BCUT2D eigenvalue weighted by Gasteiger charge is -2.31. The first-order valence-electron chi connectivity index (χ1n) is 9.40. The summed E-state index contributed by atoms with van der Waals surface area (Å²) in [5.74, 6) is 0.759. The molecule has 1 heterocycles. The molecule has 0 amide bonds. The van der Waals surface area contributed by atoms with Crippen LogP contribution in [0.1, 0.15) is 58.1 Å². The van der Waals surface area contributed by atoms with Crippen LogP contribution in [0.3, 0.4) is 0 Å². The Kier molecular flexibility index (Phi) is 7.06. The quantitative estimate of drug-likeness (QED) is 0.710. The number of hydrogen-bond acceptors (Lipinski definition) is 2. The summed E-state index contributed by atoms with van der Waals surface area (Å²) < 4.78 is 5.48. The summed E-state index contributed by atoms with van der Waals surface area (Å²) in [6.07, 6.45) is 5.89. The van der Waals surface area contributed by atoms with E-state index in [1.54, 1.807) is 0 Å². The third kappa shape index (κ3) is 6.07. The van der Waals surface area contributed by atoms with Crippen LogP contribution in [0.15, 0.2) is 35.9 Å². The van der Waals surface area contributed by atoms with Gasteiger partial charge < -0.3 is 10.1 Å². The highest BCUT2D eigenvalue weighted by Crippen LogP contribution is 2.29. The molecule has 2 heteroatoms. The fraction of sp³-hybridized carbons (Fsp3) is 0.636. The molecule has 1 atom stereocenters. The summed E-state index contributed by atoms with van der Waals surface area (Å²) >= 11 is 0. The number of ether oxygens (including phenoxy) is 1. The third-order valence-electron chi connectivity index (χ3n) is 5.11. The van der Waals surface area contributed by atoms with Gasteiger partial charge in [-0.25, -0.2) is 0 Å². The van der Waals surface area contributed by atoms with Gasteiger partial charge in [0.05, 0.1) is 0 Å². The summed E-state index contributed by atoms with van der Waals surface area (Å²) in [6, 6.07) is 9.44. The van der Waals surface area contributed by atoms with Gasteiger partial charge in [-0.2, -0.15) is 0 Å². The van der Waals surface area contributed by atoms with Gasteiger partial charge in [0.1, 0.15) is 0 Å². The normalized spacial score (nSPS) is 17.5. The monoisotopic (exact) mass is 329 g/mol. The summed E-state index contributed by atoms with van der Waals surface area (Å²) in [7, 11) is 0. The molecule has 2 nitrogen and oxygen atoms in total. The maximum atomic E-state index is 5.48. The second kappa shape index (κ2) is 8.82. The molecule has 2 rings (SSSR count). The molecule has 0 spiro atoms. The van der Waals surface area contributed by atoms with Crippen LogP contribution >= 0.6 is 0 Å². The molecule has 1 unspecified atom stereocenters. The highest BCUT2D eigenvalue weighted by atomic mass is 16.5. The molecule has 0 aliphatic carbocycles. The number of nitrogens with one attached hydrogen (secondary N) is 1. The average Bonchev–Trinajstić information content (AvgIpc) is 2.53. The lowest BCUT2D eigenvalue weighted by molar-refractivity contribution is 0.0656. The molecule has 1 aromatic rings. The predicted molar refractivity (Wildman–Crippen MR) is 104 cm³/mol. The standard InChI is InChI=1S/C22H35NO/c1-17(2)14-21(23-16-19-10-12-24-13-11-19)15-22(4,5)20-8-6-18(3)7-9-20/h6-9,14,19,21,23H,10-13,15-16H2,1-5H3. The second-order valence-electron chi connectivity index (χ2n) is 8.27. The van der Waals surface area contributed by atoms with Crippen molar-refractivity contribution in [3.63, 3.8) is 0 Å². The minimum absolute atomic E-state index is 0.160. The molecular formula is C22H35NO. The third-order valence-corrected chi connectivity index (χ3v) is 5.11. The van der Waals surface area contributed by atoms with E-state index in [0.717, 1.165) is 32.1 Å². The molecule has 24 heavy (non-hydrogen) atoms. The van der Waals surface area contributed by atoms with Crippen molar-refractivity contribution < 1.29 is 4.74 Å². The van der Waals surface area contributed by atoms with Crippen molar-refractivity contribution in [1.82, 2.24) is 5.32 Å². The first-order valence-corrected chi connectivity index (χ1v) is 9.40. The fourth-order valence-electron chi connectivity index (χ4n) is 3.53. The van der Waals surface area contributed by atoms with Crippen molar-refractivity contribution in [3.05, 3.63) is 47.0 Å². The molecular weight excluding hydrogens is 294 g/mol. The molecule has 1 aliphatic rings. The first-order chi connectivity index (χ1) is 11.4. The summed E-state index contributed by atoms with van der Waals surface area (Å²) in [5, 5.41) is 3.83. The lowest BCUT2D eigenvalue weighted by Crippen LogP contribution is -2.38. The smallest absolute Gasteiger partial charge is 0.0469 e. The largest absolute Gasteiger partial charge is 0.381 e. The number of benzene rings is 1. The van der Waals surface area contributed by atoms with Crippen LogP contribution < -0.4 is 5.32 Å². The van der Waals surface area contributed by atoms with Crippen molar-refractivity contribution >= 4 is 0 Å². The number of aryl methyl sites for hydroxylation is 1. The van der Waals surface area contributed by atoms with E-state index in [2.05, 4.69) is 70.3 Å². The van der Waals surface area contributed by atoms with Crippen LogP contribution in [-0.4, -0.2) is 25.8 Å². The van der Waals surface area contributed by atoms with Gasteiger partial charge in [-0.05, 0) is 63.5 Å². The molecule has 1 N–H and O–H groups in total.